The Kier molecular flexibility index (Phi) is 10.5. The highest BCUT2D eigenvalue weighted by Gasteiger charge is 2.19. The van der Waals surface area contributed by atoms with Gasteiger partial charge in [-0.25, -0.2) is 0 Å². The van der Waals surface area contributed by atoms with E-state index in [0.717, 1.165) is 6.54 Å². The SMILES string of the molecule is CCCN([B]c1ccc([B]N(C(C)CC)C(C)CC)cc1)C(C)CC. The first-order valence-electron chi connectivity index (χ1n) is 10.3. The number of benzene rings is 1. The van der Waals surface area contributed by atoms with Crippen LogP contribution in [-0.2, 0) is 0 Å². The molecule has 0 spiro atoms. The molecule has 0 saturated carbocycles. The standard InChI is InChI=1S/C21H38B2N2/c1-8-16-24(17(5)9-2)22-20-12-14-21(15-13-20)23-25(18(6)10-3)19(7)11-4/h12-15,17-19H,8-11,16H2,1-7H3. The van der Waals surface area contributed by atoms with Crippen LogP contribution in [0.5, 0.6) is 0 Å². The summed E-state index contributed by atoms with van der Waals surface area (Å²) in [5.41, 5.74) is 2.59. The van der Waals surface area contributed by atoms with Gasteiger partial charge in [0, 0.05) is 0 Å². The highest BCUT2D eigenvalue weighted by molar-refractivity contribution is 6.53. The Labute approximate surface area is 158 Å². The average molecular weight is 340 g/mol. The molecule has 0 fully saturated rings. The van der Waals surface area contributed by atoms with Crippen molar-refractivity contribution in [2.75, 3.05) is 6.54 Å². The zero-order valence-electron chi connectivity index (χ0n) is 17.6. The van der Waals surface area contributed by atoms with Gasteiger partial charge in [-0.2, -0.15) is 0 Å². The number of rotatable bonds is 12. The minimum absolute atomic E-state index is 0.576. The second-order valence-electron chi connectivity index (χ2n) is 7.38. The summed E-state index contributed by atoms with van der Waals surface area (Å²) in [4.78, 5) is 4.99. The molecule has 0 amide bonds. The first-order valence-corrected chi connectivity index (χ1v) is 10.3. The summed E-state index contributed by atoms with van der Waals surface area (Å²) in [6.07, 6.45) is 4.72. The molecule has 4 heteroatoms. The minimum atomic E-state index is 0.576. The second-order valence-corrected chi connectivity index (χ2v) is 7.38. The molecule has 0 aliphatic rings. The van der Waals surface area contributed by atoms with Crippen LogP contribution < -0.4 is 10.9 Å². The molecule has 25 heavy (non-hydrogen) atoms. The molecule has 0 aromatic heterocycles. The van der Waals surface area contributed by atoms with E-state index in [1.54, 1.807) is 0 Å². The first kappa shape index (κ1) is 22.3. The molecule has 0 aliphatic carbocycles. The first-order chi connectivity index (χ1) is 12.0. The summed E-state index contributed by atoms with van der Waals surface area (Å²) in [5, 5.41) is 0. The summed E-state index contributed by atoms with van der Waals surface area (Å²) >= 11 is 0. The quantitative estimate of drug-likeness (QED) is 0.537. The van der Waals surface area contributed by atoms with Crippen LogP contribution in [0.25, 0.3) is 0 Å². The van der Waals surface area contributed by atoms with Gasteiger partial charge in [0.25, 0.3) is 0 Å². The average Bonchev–Trinajstić information content (AvgIpc) is 2.65. The lowest BCUT2D eigenvalue weighted by Crippen LogP contribution is -2.47. The summed E-state index contributed by atoms with van der Waals surface area (Å²) in [6, 6.07) is 10.8. The number of nitrogens with zero attached hydrogens (tertiary/aromatic N) is 2. The van der Waals surface area contributed by atoms with Crippen LogP contribution in [0.2, 0.25) is 0 Å². The molecule has 138 valence electrons. The van der Waals surface area contributed by atoms with Crippen molar-refractivity contribution in [3.8, 4) is 0 Å². The normalized spacial score (nSPS) is 15.2. The Morgan fingerprint density at radius 3 is 1.56 bits per heavy atom. The fourth-order valence-electron chi connectivity index (χ4n) is 3.05. The lowest BCUT2D eigenvalue weighted by Gasteiger charge is -2.33. The van der Waals surface area contributed by atoms with Gasteiger partial charge >= 0.3 is 0 Å². The lowest BCUT2D eigenvalue weighted by atomic mass is 9.73. The molecule has 0 saturated heterocycles. The van der Waals surface area contributed by atoms with E-state index in [9.17, 15) is 0 Å². The van der Waals surface area contributed by atoms with Gasteiger partial charge in [-0.3, -0.25) is 0 Å². The Hall–Kier alpha value is -0.730. The highest BCUT2D eigenvalue weighted by atomic mass is 15.1. The second kappa shape index (κ2) is 11.8. The maximum absolute atomic E-state index is 2.52. The third-order valence-electron chi connectivity index (χ3n) is 5.39. The number of hydrogen-bond donors (Lipinski definition) is 0. The van der Waals surface area contributed by atoms with Gasteiger partial charge in [-0.05, 0) is 50.4 Å². The molecule has 1 rings (SSSR count). The summed E-state index contributed by atoms with van der Waals surface area (Å²) in [6.45, 7) is 17.1. The van der Waals surface area contributed by atoms with Gasteiger partial charge < -0.3 is 9.62 Å². The highest BCUT2D eigenvalue weighted by Crippen LogP contribution is 2.10. The van der Waals surface area contributed by atoms with Gasteiger partial charge in [0.2, 0.25) is 14.8 Å². The van der Waals surface area contributed by atoms with Crippen molar-refractivity contribution < 1.29 is 0 Å². The predicted molar refractivity (Wildman–Crippen MR) is 115 cm³/mol. The van der Waals surface area contributed by atoms with Crippen molar-refractivity contribution in [3.05, 3.63) is 24.3 Å². The van der Waals surface area contributed by atoms with Gasteiger partial charge in [0.1, 0.15) is 0 Å². The van der Waals surface area contributed by atoms with Crippen LogP contribution in [0.1, 0.15) is 74.1 Å². The zero-order chi connectivity index (χ0) is 18.8. The van der Waals surface area contributed by atoms with Gasteiger partial charge in [-0.15, -0.1) is 0 Å². The maximum atomic E-state index is 2.52. The van der Waals surface area contributed by atoms with Crippen molar-refractivity contribution in [2.24, 2.45) is 0 Å². The minimum Gasteiger partial charge on any atom is -0.340 e. The molecule has 0 N–H and O–H groups in total. The van der Waals surface area contributed by atoms with Gasteiger partial charge in [-0.1, -0.05) is 83.7 Å². The predicted octanol–water partition coefficient (Wildman–Crippen LogP) is 3.59. The summed E-state index contributed by atoms with van der Waals surface area (Å²) in [5.74, 6) is 0. The van der Waals surface area contributed by atoms with Crippen LogP contribution >= 0.6 is 0 Å². The van der Waals surface area contributed by atoms with E-state index >= 15 is 0 Å². The molecule has 2 nitrogen and oxygen atoms in total. The Bertz CT molecular complexity index is 453. The molecule has 3 atom stereocenters. The maximum Gasteiger partial charge on any atom is 0.248 e. The fraction of sp³-hybridized carbons (Fsp3) is 0.714. The van der Waals surface area contributed by atoms with Crippen molar-refractivity contribution in [2.45, 2.75) is 92.3 Å². The van der Waals surface area contributed by atoms with E-state index in [0.29, 0.717) is 18.1 Å². The van der Waals surface area contributed by atoms with Crippen molar-refractivity contribution in [1.82, 2.24) is 9.62 Å². The molecule has 2 radical (unpaired) electrons. The molecule has 3 unspecified atom stereocenters. The zero-order valence-corrected chi connectivity index (χ0v) is 17.6. The van der Waals surface area contributed by atoms with Crippen LogP contribution in [0, 0.1) is 0 Å². The van der Waals surface area contributed by atoms with E-state index < -0.39 is 0 Å². The van der Waals surface area contributed by atoms with E-state index in [1.165, 1.54) is 36.6 Å². The molecule has 0 heterocycles. The van der Waals surface area contributed by atoms with E-state index in [-0.39, 0.29) is 0 Å². The molecular weight excluding hydrogens is 302 g/mol. The fourth-order valence-corrected chi connectivity index (χ4v) is 3.05. The van der Waals surface area contributed by atoms with Crippen molar-refractivity contribution >= 4 is 25.8 Å². The topological polar surface area (TPSA) is 6.48 Å². The van der Waals surface area contributed by atoms with E-state index in [4.69, 9.17) is 0 Å². The molecule has 0 aliphatic heterocycles. The number of hydrogen-bond acceptors (Lipinski definition) is 2. The van der Waals surface area contributed by atoms with Crippen LogP contribution in [-0.4, -0.2) is 49.1 Å². The Balaban J connectivity index is 2.76. The van der Waals surface area contributed by atoms with Gasteiger partial charge in [0.05, 0.1) is 0 Å². The third kappa shape index (κ3) is 7.19. The molecule has 0 bridgehead atoms. The van der Waals surface area contributed by atoms with Crippen LogP contribution in [0.15, 0.2) is 24.3 Å². The van der Waals surface area contributed by atoms with E-state index in [1.807, 2.05) is 0 Å². The van der Waals surface area contributed by atoms with E-state index in [2.05, 4.69) is 97.2 Å². The van der Waals surface area contributed by atoms with Crippen LogP contribution in [0.3, 0.4) is 0 Å². The smallest absolute Gasteiger partial charge is 0.248 e. The summed E-state index contributed by atoms with van der Waals surface area (Å²) in [7, 11) is 4.66. The molecular formula is C21H38B2N2. The molecule has 1 aromatic carbocycles. The Morgan fingerprint density at radius 1 is 0.720 bits per heavy atom. The van der Waals surface area contributed by atoms with Crippen molar-refractivity contribution in [1.29, 1.82) is 0 Å². The monoisotopic (exact) mass is 340 g/mol. The Morgan fingerprint density at radius 2 is 1.16 bits per heavy atom. The largest absolute Gasteiger partial charge is 0.340 e. The molecule has 1 aromatic rings. The third-order valence-corrected chi connectivity index (χ3v) is 5.39. The van der Waals surface area contributed by atoms with Crippen LogP contribution in [0.4, 0.5) is 0 Å². The van der Waals surface area contributed by atoms with Gasteiger partial charge in [0.15, 0.2) is 0 Å². The summed E-state index contributed by atoms with van der Waals surface area (Å²) < 4.78 is 0. The van der Waals surface area contributed by atoms with Crippen molar-refractivity contribution in [3.63, 3.8) is 0 Å². The lowest BCUT2D eigenvalue weighted by molar-refractivity contribution is 0.271.